The number of rotatable bonds is 4. The molecule has 0 aliphatic heterocycles. The van der Waals surface area contributed by atoms with Gasteiger partial charge in [0.2, 0.25) is 0 Å². The van der Waals surface area contributed by atoms with Gasteiger partial charge in [0.05, 0.1) is 6.54 Å². The lowest BCUT2D eigenvalue weighted by atomic mass is 9.74. The monoisotopic (exact) mass is 239 g/mol. The molecule has 1 aliphatic rings. The molecule has 94 valence electrons. The second-order valence-electron chi connectivity index (χ2n) is 5.09. The number of hydrogen-bond acceptors (Lipinski definition) is 1. The molecule has 1 nitrogen and oxygen atoms in total. The van der Waals surface area contributed by atoms with Crippen molar-refractivity contribution in [2.75, 3.05) is 6.54 Å². The van der Waals surface area contributed by atoms with Crippen molar-refractivity contribution >= 4 is 0 Å². The van der Waals surface area contributed by atoms with Crippen LogP contribution in [0.25, 0.3) is 0 Å². The summed E-state index contributed by atoms with van der Waals surface area (Å²) < 4.78 is 27.2. The topological polar surface area (TPSA) is 26.0 Å². The molecule has 1 saturated carbocycles. The fourth-order valence-corrected chi connectivity index (χ4v) is 2.98. The van der Waals surface area contributed by atoms with Gasteiger partial charge in [-0.2, -0.15) is 0 Å². The minimum Gasteiger partial charge on any atom is -0.325 e. The average molecular weight is 239 g/mol. The highest BCUT2D eigenvalue weighted by molar-refractivity contribution is 5.27. The summed E-state index contributed by atoms with van der Waals surface area (Å²) in [5.74, 6) is -2.75. The van der Waals surface area contributed by atoms with E-state index in [9.17, 15) is 8.78 Å². The Kier molecular flexibility index (Phi) is 3.48. The van der Waals surface area contributed by atoms with Crippen LogP contribution in [0, 0.1) is 0 Å². The van der Waals surface area contributed by atoms with E-state index in [1.807, 2.05) is 30.3 Å². The number of alkyl halides is 2. The molecule has 0 saturated heterocycles. The molecule has 1 aromatic carbocycles. The molecule has 0 spiro atoms. The zero-order valence-corrected chi connectivity index (χ0v) is 9.96. The van der Waals surface area contributed by atoms with Gasteiger partial charge in [-0.15, -0.1) is 0 Å². The van der Waals surface area contributed by atoms with Gasteiger partial charge >= 0.3 is 0 Å². The lowest BCUT2D eigenvalue weighted by molar-refractivity contribution is -0.0203. The minimum atomic E-state index is -2.75. The van der Waals surface area contributed by atoms with Crippen LogP contribution in [0.4, 0.5) is 8.78 Å². The van der Waals surface area contributed by atoms with E-state index < -0.39 is 12.5 Å². The normalized spacial score (nSPS) is 19.5. The van der Waals surface area contributed by atoms with Crippen LogP contribution in [0.15, 0.2) is 30.3 Å². The number of benzene rings is 1. The number of nitrogens with two attached hydrogens (primary N) is 1. The molecular weight excluding hydrogens is 220 g/mol. The first-order chi connectivity index (χ1) is 8.08. The lowest BCUT2D eigenvalue weighted by Gasteiger charge is -2.33. The van der Waals surface area contributed by atoms with E-state index in [1.54, 1.807) is 0 Å². The Morgan fingerprint density at radius 2 is 1.71 bits per heavy atom. The van der Waals surface area contributed by atoms with Crippen LogP contribution in [-0.2, 0) is 5.41 Å². The van der Waals surface area contributed by atoms with Gasteiger partial charge in [-0.05, 0) is 18.4 Å². The molecule has 0 amide bonds. The van der Waals surface area contributed by atoms with Crippen molar-refractivity contribution in [3.05, 3.63) is 35.9 Å². The first kappa shape index (κ1) is 12.5. The highest BCUT2D eigenvalue weighted by atomic mass is 19.3. The van der Waals surface area contributed by atoms with Crippen molar-refractivity contribution in [3.63, 3.8) is 0 Å². The molecule has 2 N–H and O–H groups in total. The van der Waals surface area contributed by atoms with Crippen LogP contribution in [0.3, 0.4) is 0 Å². The molecule has 0 heterocycles. The van der Waals surface area contributed by atoms with E-state index in [-0.39, 0.29) is 11.8 Å². The van der Waals surface area contributed by atoms with Crippen LogP contribution >= 0.6 is 0 Å². The van der Waals surface area contributed by atoms with Gasteiger partial charge in [-0.3, -0.25) is 0 Å². The van der Waals surface area contributed by atoms with Crippen molar-refractivity contribution in [1.82, 2.24) is 0 Å². The van der Waals surface area contributed by atoms with E-state index in [0.29, 0.717) is 0 Å². The third kappa shape index (κ3) is 2.65. The third-order valence-electron chi connectivity index (χ3n) is 3.84. The van der Waals surface area contributed by atoms with Gasteiger partial charge in [-0.25, -0.2) is 8.78 Å². The smallest absolute Gasteiger partial charge is 0.260 e. The van der Waals surface area contributed by atoms with E-state index in [1.165, 1.54) is 0 Å². The summed E-state index contributed by atoms with van der Waals surface area (Å²) >= 11 is 0. The number of hydrogen-bond donors (Lipinski definition) is 1. The van der Waals surface area contributed by atoms with Gasteiger partial charge in [0.1, 0.15) is 0 Å². The second-order valence-corrected chi connectivity index (χ2v) is 5.09. The van der Waals surface area contributed by atoms with Crippen LogP contribution in [0.2, 0.25) is 0 Å². The predicted octanol–water partition coefficient (Wildman–Crippen LogP) is 3.48. The Morgan fingerprint density at radius 3 is 2.24 bits per heavy atom. The maximum absolute atomic E-state index is 13.6. The van der Waals surface area contributed by atoms with Crippen LogP contribution < -0.4 is 5.73 Å². The van der Waals surface area contributed by atoms with Gasteiger partial charge in [-0.1, -0.05) is 43.2 Å². The molecule has 1 aliphatic carbocycles. The zero-order chi connectivity index (χ0) is 12.4. The molecule has 1 fully saturated rings. The van der Waals surface area contributed by atoms with E-state index in [0.717, 1.165) is 31.2 Å². The Morgan fingerprint density at radius 1 is 1.12 bits per heavy atom. The lowest BCUT2D eigenvalue weighted by Crippen LogP contribution is -2.37. The Balaban J connectivity index is 2.28. The Bertz CT molecular complexity index is 356. The summed E-state index contributed by atoms with van der Waals surface area (Å²) in [6, 6.07) is 9.72. The van der Waals surface area contributed by atoms with Gasteiger partial charge in [0, 0.05) is 11.8 Å². The molecule has 3 heteroatoms. The van der Waals surface area contributed by atoms with Crippen molar-refractivity contribution < 1.29 is 8.78 Å². The summed E-state index contributed by atoms with van der Waals surface area (Å²) in [7, 11) is 0. The molecule has 0 radical (unpaired) electrons. The highest BCUT2D eigenvalue weighted by Crippen LogP contribution is 2.47. The summed E-state index contributed by atoms with van der Waals surface area (Å²) in [5, 5.41) is 0. The van der Waals surface area contributed by atoms with Crippen LogP contribution in [0.5, 0.6) is 0 Å². The first-order valence-electron chi connectivity index (χ1n) is 6.21. The quantitative estimate of drug-likeness (QED) is 0.855. The minimum absolute atomic E-state index is 0.111. The van der Waals surface area contributed by atoms with E-state index >= 15 is 0 Å². The van der Waals surface area contributed by atoms with E-state index in [4.69, 9.17) is 5.73 Å². The highest BCUT2D eigenvalue weighted by Gasteiger charge is 2.43. The molecule has 1 aromatic rings. The van der Waals surface area contributed by atoms with Gasteiger partial charge in [0.25, 0.3) is 5.92 Å². The largest absolute Gasteiger partial charge is 0.325 e. The van der Waals surface area contributed by atoms with Gasteiger partial charge < -0.3 is 5.73 Å². The molecule has 0 unspecified atom stereocenters. The molecular formula is C14H19F2N. The zero-order valence-electron chi connectivity index (χ0n) is 9.96. The first-order valence-corrected chi connectivity index (χ1v) is 6.21. The van der Waals surface area contributed by atoms with Crippen LogP contribution in [-0.4, -0.2) is 12.5 Å². The second kappa shape index (κ2) is 4.73. The maximum atomic E-state index is 13.6. The average Bonchev–Trinajstić information content (AvgIpc) is 2.79. The van der Waals surface area contributed by atoms with Crippen molar-refractivity contribution in [1.29, 1.82) is 0 Å². The fourth-order valence-electron chi connectivity index (χ4n) is 2.98. The Hall–Kier alpha value is -0.960. The summed E-state index contributed by atoms with van der Waals surface area (Å²) in [6.07, 6.45) is 3.67. The summed E-state index contributed by atoms with van der Waals surface area (Å²) in [6.45, 7) is -0.554. The van der Waals surface area contributed by atoms with Crippen molar-refractivity contribution in [2.45, 2.75) is 43.4 Å². The molecule has 0 atom stereocenters. The molecule has 2 rings (SSSR count). The fraction of sp³-hybridized carbons (Fsp3) is 0.571. The summed E-state index contributed by atoms with van der Waals surface area (Å²) in [4.78, 5) is 0. The van der Waals surface area contributed by atoms with E-state index in [2.05, 4.69) is 0 Å². The van der Waals surface area contributed by atoms with Crippen LogP contribution in [0.1, 0.15) is 37.7 Å². The Labute approximate surface area is 101 Å². The summed E-state index contributed by atoms with van der Waals surface area (Å²) in [5.41, 5.74) is 5.86. The number of halogens is 2. The van der Waals surface area contributed by atoms with Gasteiger partial charge in [0.15, 0.2) is 0 Å². The standard InChI is InChI=1S/C14H19F2N/c15-14(16,11-17)10-13(8-4-5-9-13)12-6-2-1-3-7-12/h1-3,6-7H,4-5,8-11,17H2. The third-order valence-corrected chi connectivity index (χ3v) is 3.84. The SMILES string of the molecule is NCC(F)(F)CC1(c2ccccc2)CCCC1. The predicted molar refractivity (Wildman–Crippen MR) is 65.2 cm³/mol. The maximum Gasteiger partial charge on any atom is 0.260 e. The molecule has 17 heavy (non-hydrogen) atoms. The van der Waals surface area contributed by atoms with Crippen molar-refractivity contribution in [2.24, 2.45) is 5.73 Å². The molecule has 0 bridgehead atoms. The van der Waals surface area contributed by atoms with Crippen molar-refractivity contribution in [3.8, 4) is 0 Å². The molecule has 0 aromatic heterocycles.